The Kier molecular flexibility index (Phi) is 14.7. The molecule has 0 fully saturated rings. The first-order valence-corrected chi connectivity index (χ1v) is 15.2. The Bertz CT molecular complexity index is 1630. The first kappa shape index (κ1) is 37.7. The molecule has 0 bridgehead atoms. The summed E-state index contributed by atoms with van der Waals surface area (Å²) in [5.74, 6) is -3.71. The molecule has 258 valence electrons. The van der Waals surface area contributed by atoms with Crippen LogP contribution in [0.3, 0.4) is 0 Å². The summed E-state index contributed by atoms with van der Waals surface area (Å²) in [5, 5.41) is 25.7. The Morgan fingerprint density at radius 2 is 1.39 bits per heavy atom. The van der Waals surface area contributed by atoms with Crippen LogP contribution in [0.1, 0.15) is 42.9 Å². The molecule has 1 unspecified atom stereocenters. The van der Waals surface area contributed by atoms with Gasteiger partial charge >= 0.3 is 18.1 Å². The van der Waals surface area contributed by atoms with Crippen molar-refractivity contribution in [2.24, 2.45) is 0 Å². The number of carbonyl (C=O) groups excluding carboxylic acids is 2. The van der Waals surface area contributed by atoms with Gasteiger partial charge in [-0.25, -0.2) is 9.78 Å². The van der Waals surface area contributed by atoms with Gasteiger partial charge in [-0.05, 0) is 59.4 Å². The second-order valence-corrected chi connectivity index (χ2v) is 10.7. The normalized spacial score (nSPS) is 12.0. The number of unbranched alkanes of at least 4 members (excludes halogenated alkanes) is 1. The summed E-state index contributed by atoms with van der Waals surface area (Å²) in [6.45, 7) is 0.672. The summed E-state index contributed by atoms with van der Waals surface area (Å²) in [6, 6.07) is 24.8. The van der Waals surface area contributed by atoms with Crippen molar-refractivity contribution >= 4 is 29.6 Å². The number of aliphatic carboxylic acids is 2. The van der Waals surface area contributed by atoms with E-state index in [1.54, 1.807) is 30.7 Å². The Labute approximate surface area is 280 Å². The molecule has 2 aromatic heterocycles. The lowest BCUT2D eigenvalue weighted by Crippen LogP contribution is -2.49. The van der Waals surface area contributed by atoms with Crippen LogP contribution >= 0.6 is 0 Å². The second kappa shape index (κ2) is 19.1. The number of alkyl halides is 3. The van der Waals surface area contributed by atoms with E-state index in [-0.39, 0.29) is 25.2 Å². The number of nitrogens with one attached hydrogen (secondary N) is 3. The molecule has 2 aromatic carbocycles. The van der Waals surface area contributed by atoms with Gasteiger partial charge < -0.3 is 26.2 Å². The van der Waals surface area contributed by atoms with Gasteiger partial charge in [0.25, 0.3) is 0 Å². The maximum Gasteiger partial charge on any atom is 0.490 e. The summed E-state index contributed by atoms with van der Waals surface area (Å²) >= 11 is 0. The number of carboxylic acids is 2. The van der Waals surface area contributed by atoms with Gasteiger partial charge in [-0.3, -0.25) is 19.4 Å². The number of pyridine rings is 2. The van der Waals surface area contributed by atoms with Crippen molar-refractivity contribution in [1.82, 2.24) is 20.6 Å². The number of carbonyl (C=O) groups is 4. The Morgan fingerprint density at radius 1 is 0.755 bits per heavy atom. The number of anilines is 1. The maximum atomic E-state index is 13.5. The van der Waals surface area contributed by atoms with E-state index >= 15 is 0 Å². The maximum absolute atomic E-state index is 13.5. The predicted molar refractivity (Wildman–Crippen MR) is 175 cm³/mol. The number of carboxylic acid groups (broad SMARTS) is 2. The highest BCUT2D eigenvalue weighted by Gasteiger charge is 2.38. The average Bonchev–Trinajstić information content (AvgIpc) is 3.08. The molecule has 0 aliphatic heterocycles. The van der Waals surface area contributed by atoms with E-state index in [2.05, 4.69) is 25.9 Å². The van der Waals surface area contributed by atoms with E-state index in [1.165, 1.54) is 0 Å². The van der Waals surface area contributed by atoms with Crippen LogP contribution in [0, 0.1) is 0 Å². The zero-order valence-electron chi connectivity index (χ0n) is 26.3. The molecule has 0 aliphatic carbocycles. The quantitative estimate of drug-likeness (QED) is 0.103. The van der Waals surface area contributed by atoms with Crippen LogP contribution in [0.4, 0.5) is 19.0 Å². The van der Waals surface area contributed by atoms with Crippen molar-refractivity contribution in [1.29, 1.82) is 0 Å². The van der Waals surface area contributed by atoms with Gasteiger partial charge in [0.1, 0.15) is 11.9 Å². The van der Waals surface area contributed by atoms with Crippen LogP contribution in [-0.4, -0.2) is 62.7 Å². The van der Waals surface area contributed by atoms with Crippen LogP contribution in [0.15, 0.2) is 104 Å². The largest absolute Gasteiger partial charge is 0.490 e. The van der Waals surface area contributed by atoms with Crippen LogP contribution < -0.4 is 16.0 Å². The van der Waals surface area contributed by atoms with Crippen LogP contribution in [0.2, 0.25) is 0 Å². The van der Waals surface area contributed by atoms with E-state index in [0.717, 1.165) is 28.9 Å². The smallest absolute Gasteiger partial charge is 0.481 e. The summed E-state index contributed by atoms with van der Waals surface area (Å²) in [5.41, 5.74) is 3.51. The average molecular weight is 680 g/mol. The lowest BCUT2D eigenvalue weighted by Gasteiger charge is -2.23. The molecule has 4 aromatic rings. The number of benzene rings is 2. The molecule has 0 aliphatic rings. The number of halogens is 3. The molecule has 4 rings (SSSR count). The molecule has 0 saturated carbocycles. The number of rotatable bonds is 15. The molecule has 2 atom stereocenters. The zero-order chi connectivity index (χ0) is 35.6. The van der Waals surface area contributed by atoms with Gasteiger partial charge in [0.05, 0.1) is 12.5 Å². The minimum atomic E-state index is -5.08. The third kappa shape index (κ3) is 13.8. The van der Waals surface area contributed by atoms with Crippen molar-refractivity contribution in [3.05, 3.63) is 115 Å². The molecular weight excluding hydrogens is 643 g/mol. The van der Waals surface area contributed by atoms with Crippen LogP contribution in [-0.2, 0) is 25.6 Å². The Hall–Kier alpha value is -5.79. The van der Waals surface area contributed by atoms with Crippen molar-refractivity contribution < 1.29 is 42.6 Å². The van der Waals surface area contributed by atoms with Gasteiger partial charge in [-0.15, -0.1) is 0 Å². The van der Waals surface area contributed by atoms with Gasteiger partial charge in [0, 0.05) is 38.0 Å². The number of aromatic nitrogens is 2. The highest BCUT2D eigenvalue weighted by Crippen LogP contribution is 2.24. The predicted octanol–water partition coefficient (Wildman–Crippen LogP) is 5.42. The minimum Gasteiger partial charge on any atom is -0.481 e. The lowest BCUT2D eigenvalue weighted by atomic mass is 9.98. The molecule has 11 nitrogen and oxygen atoms in total. The summed E-state index contributed by atoms with van der Waals surface area (Å²) in [4.78, 5) is 55.2. The van der Waals surface area contributed by atoms with Gasteiger partial charge in [-0.2, -0.15) is 13.2 Å². The first-order valence-electron chi connectivity index (χ1n) is 15.2. The summed E-state index contributed by atoms with van der Waals surface area (Å²) < 4.78 is 31.7. The molecule has 0 spiro atoms. The molecule has 0 radical (unpaired) electrons. The second-order valence-electron chi connectivity index (χ2n) is 10.7. The Balaban J connectivity index is 0.000000838. The first-order chi connectivity index (χ1) is 23.4. The van der Waals surface area contributed by atoms with E-state index in [9.17, 15) is 32.7 Å². The lowest BCUT2D eigenvalue weighted by molar-refractivity contribution is -0.192. The molecule has 2 heterocycles. The van der Waals surface area contributed by atoms with E-state index in [1.807, 2.05) is 72.8 Å². The van der Waals surface area contributed by atoms with Crippen molar-refractivity contribution in [3.63, 3.8) is 0 Å². The van der Waals surface area contributed by atoms with Gasteiger partial charge in [0.2, 0.25) is 11.8 Å². The van der Waals surface area contributed by atoms with Gasteiger partial charge in [-0.1, -0.05) is 60.7 Å². The standard InChI is InChI=1S/C33H35N5O4.C2HF3O2/c39-31(11-5-7-19-36-30-10-4-6-18-35-30)37-29(22-24-16-20-34-21-17-24)33(42)38-28(23-32(40)41)27-14-12-26(13-15-27)25-8-2-1-3-9-25;3-2(4,5)1(6)7/h1-4,6,8-10,12-18,20-21,28-29H,5,7,11,19,22-23H2,(H,35,36)(H,37,39)(H,38,42)(H,40,41);(H,6,7)/t28?,29-;/m1./s1. The topological polar surface area (TPSA) is 171 Å². The third-order valence-corrected chi connectivity index (χ3v) is 7.00. The Morgan fingerprint density at radius 3 is 1.98 bits per heavy atom. The number of amides is 2. The van der Waals surface area contributed by atoms with Crippen molar-refractivity contribution in [2.75, 3.05) is 11.9 Å². The van der Waals surface area contributed by atoms with Crippen LogP contribution in [0.25, 0.3) is 11.1 Å². The number of hydrogen-bond acceptors (Lipinski definition) is 7. The highest BCUT2D eigenvalue weighted by atomic mass is 19.4. The monoisotopic (exact) mass is 679 g/mol. The third-order valence-electron chi connectivity index (χ3n) is 7.00. The van der Waals surface area contributed by atoms with Crippen molar-refractivity contribution in [3.8, 4) is 11.1 Å². The molecule has 49 heavy (non-hydrogen) atoms. The minimum absolute atomic E-state index is 0.244. The highest BCUT2D eigenvalue weighted by molar-refractivity contribution is 5.88. The molecule has 5 N–H and O–H groups in total. The fourth-order valence-electron chi connectivity index (χ4n) is 4.56. The SMILES string of the molecule is O=C(O)C(F)(F)F.O=C(O)CC(NC(=O)[C@@H](Cc1ccncc1)NC(=O)CCCCNc1ccccn1)c1ccc(-c2ccccc2)cc1. The molecule has 0 saturated heterocycles. The van der Waals surface area contributed by atoms with E-state index < -0.39 is 36.1 Å². The molecular formula is C35H36F3N5O6. The van der Waals surface area contributed by atoms with Crippen molar-refractivity contribution in [2.45, 2.75) is 50.4 Å². The molecule has 14 heteroatoms. The zero-order valence-corrected chi connectivity index (χ0v) is 26.3. The van der Waals surface area contributed by atoms with Gasteiger partial charge in [0.15, 0.2) is 0 Å². The number of hydrogen-bond donors (Lipinski definition) is 5. The van der Waals surface area contributed by atoms with Crippen LogP contribution in [0.5, 0.6) is 0 Å². The molecule has 2 amide bonds. The van der Waals surface area contributed by atoms with E-state index in [4.69, 9.17) is 9.90 Å². The summed E-state index contributed by atoms with van der Waals surface area (Å²) in [7, 11) is 0. The summed E-state index contributed by atoms with van der Waals surface area (Å²) in [6.07, 6.45) is 1.47. The fourth-order valence-corrected chi connectivity index (χ4v) is 4.56. The fraction of sp³-hybridized carbons (Fsp3) is 0.257. The van der Waals surface area contributed by atoms with E-state index in [0.29, 0.717) is 18.5 Å². The number of nitrogens with zero attached hydrogens (tertiary/aromatic N) is 2.